The molecule has 0 amide bonds. The van der Waals surface area contributed by atoms with E-state index in [4.69, 9.17) is 9.47 Å². The Morgan fingerprint density at radius 1 is 1.19 bits per heavy atom. The summed E-state index contributed by atoms with van der Waals surface area (Å²) < 4.78 is 25.6. The minimum atomic E-state index is -0.235. The summed E-state index contributed by atoms with van der Waals surface area (Å²) in [7, 11) is 0. The van der Waals surface area contributed by atoms with E-state index in [-0.39, 0.29) is 11.9 Å². The first-order valence-corrected chi connectivity index (χ1v) is 7.55. The molecule has 1 atom stereocenters. The fourth-order valence-corrected chi connectivity index (χ4v) is 2.60. The molecule has 0 aliphatic carbocycles. The quantitative estimate of drug-likeness (QED) is 0.914. The van der Waals surface area contributed by atoms with Gasteiger partial charge in [-0.25, -0.2) is 4.39 Å². The standard InChI is InChI=1S/C16H15BrFNO2/c17-14-6-5-12(18)7-11(14)8-19-9-13-10-20-15-3-1-2-4-16(15)21-13/h1-7,13,19H,8-10H2. The van der Waals surface area contributed by atoms with Crippen molar-refractivity contribution in [1.29, 1.82) is 0 Å². The molecule has 0 bridgehead atoms. The Morgan fingerprint density at radius 3 is 2.86 bits per heavy atom. The number of para-hydroxylation sites is 2. The molecule has 2 aromatic carbocycles. The number of ether oxygens (including phenoxy) is 2. The summed E-state index contributed by atoms with van der Waals surface area (Å²) in [5.41, 5.74) is 0.882. The predicted octanol–water partition coefficient (Wildman–Crippen LogP) is 3.52. The van der Waals surface area contributed by atoms with Gasteiger partial charge in [0, 0.05) is 17.6 Å². The number of halogens is 2. The van der Waals surface area contributed by atoms with Gasteiger partial charge in [-0.05, 0) is 35.9 Å². The van der Waals surface area contributed by atoms with E-state index in [1.165, 1.54) is 12.1 Å². The highest BCUT2D eigenvalue weighted by molar-refractivity contribution is 9.10. The molecular weight excluding hydrogens is 337 g/mol. The highest BCUT2D eigenvalue weighted by atomic mass is 79.9. The molecule has 110 valence electrons. The maximum Gasteiger partial charge on any atom is 0.161 e. The summed E-state index contributed by atoms with van der Waals surface area (Å²) in [6.45, 7) is 1.71. The van der Waals surface area contributed by atoms with Crippen LogP contribution in [0.15, 0.2) is 46.9 Å². The van der Waals surface area contributed by atoms with Crippen LogP contribution < -0.4 is 14.8 Å². The lowest BCUT2D eigenvalue weighted by Gasteiger charge is -2.26. The lowest BCUT2D eigenvalue weighted by Crippen LogP contribution is -2.38. The van der Waals surface area contributed by atoms with Crippen LogP contribution in [0.1, 0.15) is 5.56 Å². The molecule has 3 rings (SSSR count). The largest absolute Gasteiger partial charge is 0.486 e. The molecule has 1 aliphatic rings. The van der Waals surface area contributed by atoms with Gasteiger partial charge >= 0.3 is 0 Å². The van der Waals surface area contributed by atoms with E-state index in [1.54, 1.807) is 6.07 Å². The van der Waals surface area contributed by atoms with Crippen molar-refractivity contribution >= 4 is 15.9 Å². The summed E-state index contributed by atoms with van der Waals surface area (Å²) in [5.74, 6) is 1.31. The van der Waals surface area contributed by atoms with E-state index in [0.717, 1.165) is 21.5 Å². The number of benzene rings is 2. The summed E-state index contributed by atoms with van der Waals surface area (Å²) in [6, 6.07) is 12.3. The molecule has 0 saturated heterocycles. The second-order valence-corrected chi connectivity index (χ2v) is 5.72. The van der Waals surface area contributed by atoms with Gasteiger partial charge in [0.2, 0.25) is 0 Å². The molecule has 2 aromatic rings. The van der Waals surface area contributed by atoms with Crippen LogP contribution >= 0.6 is 15.9 Å². The molecule has 0 saturated carbocycles. The third-order valence-corrected chi connectivity index (χ3v) is 4.04. The van der Waals surface area contributed by atoms with Crippen LogP contribution in [0.4, 0.5) is 4.39 Å². The van der Waals surface area contributed by atoms with Gasteiger partial charge in [-0.1, -0.05) is 28.1 Å². The first kappa shape index (κ1) is 14.4. The Kier molecular flexibility index (Phi) is 4.41. The molecular formula is C16H15BrFNO2. The summed E-state index contributed by atoms with van der Waals surface area (Å²) in [4.78, 5) is 0. The lowest BCUT2D eigenvalue weighted by molar-refractivity contribution is 0.0902. The van der Waals surface area contributed by atoms with E-state index in [1.807, 2.05) is 24.3 Å². The Morgan fingerprint density at radius 2 is 2.00 bits per heavy atom. The summed E-state index contributed by atoms with van der Waals surface area (Å²) in [5, 5.41) is 3.27. The SMILES string of the molecule is Fc1ccc(Br)c(CNCC2COc3ccccc3O2)c1. The number of fused-ring (bicyclic) bond motifs is 1. The van der Waals surface area contributed by atoms with E-state index in [9.17, 15) is 4.39 Å². The predicted molar refractivity (Wildman–Crippen MR) is 82.2 cm³/mol. The van der Waals surface area contributed by atoms with Crippen molar-refractivity contribution < 1.29 is 13.9 Å². The second kappa shape index (κ2) is 6.45. The average molecular weight is 352 g/mol. The number of hydrogen-bond acceptors (Lipinski definition) is 3. The zero-order valence-electron chi connectivity index (χ0n) is 11.3. The van der Waals surface area contributed by atoms with Crippen LogP contribution in [0.2, 0.25) is 0 Å². The van der Waals surface area contributed by atoms with Gasteiger partial charge in [-0.3, -0.25) is 0 Å². The molecule has 1 aliphatic heterocycles. The first-order chi connectivity index (χ1) is 10.2. The van der Waals surface area contributed by atoms with Gasteiger partial charge in [0.25, 0.3) is 0 Å². The molecule has 1 N–H and O–H groups in total. The van der Waals surface area contributed by atoms with E-state index in [0.29, 0.717) is 19.7 Å². The molecule has 0 aromatic heterocycles. The lowest BCUT2D eigenvalue weighted by atomic mass is 10.2. The number of rotatable bonds is 4. The van der Waals surface area contributed by atoms with Crippen molar-refractivity contribution in [2.45, 2.75) is 12.6 Å². The van der Waals surface area contributed by atoms with Crippen molar-refractivity contribution in [2.75, 3.05) is 13.2 Å². The van der Waals surface area contributed by atoms with Crippen LogP contribution in [0.25, 0.3) is 0 Å². The molecule has 0 radical (unpaired) electrons. The van der Waals surface area contributed by atoms with E-state index >= 15 is 0 Å². The van der Waals surface area contributed by atoms with Gasteiger partial charge in [-0.2, -0.15) is 0 Å². The summed E-state index contributed by atoms with van der Waals surface area (Å²) >= 11 is 3.42. The van der Waals surface area contributed by atoms with E-state index in [2.05, 4.69) is 21.2 Å². The Labute approximate surface area is 131 Å². The zero-order valence-corrected chi connectivity index (χ0v) is 12.9. The molecule has 0 fully saturated rings. The Balaban J connectivity index is 1.54. The maximum absolute atomic E-state index is 13.2. The maximum atomic E-state index is 13.2. The molecule has 1 heterocycles. The van der Waals surface area contributed by atoms with Crippen LogP contribution in [0.5, 0.6) is 11.5 Å². The molecule has 1 unspecified atom stereocenters. The first-order valence-electron chi connectivity index (χ1n) is 6.75. The van der Waals surface area contributed by atoms with Crippen LogP contribution in [0, 0.1) is 5.82 Å². The van der Waals surface area contributed by atoms with Crippen LogP contribution in [-0.4, -0.2) is 19.3 Å². The van der Waals surface area contributed by atoms with Crippen molar-refractivity contribution in [1.82, 2.24) is 5.32 Å². The highest BCUT2D eigenvalue weighted by Crippen LogP contribution is 2.30. The van der Waals surface area contributed by atoms with Gasteiger partial charge in [0.1, 0.15) is 18.5 Å². The Hall–Kier alpha value is -1.59. The fraction of sp³-hybridized carbons (Fsp3) is 0.250. The van der Waals surface area contributed by atoms with E-state index < -0.39 is 0 Å². The minimum Gasteiger partial charge on any atom is -0.486 e. The van der Waals surface area contributed by atoms with Gasteiger partial charge < -0.3 is 14.8 Å². The van der Waals surface area contributed by atoms with Crippen molar-refractivity contribution in [2.24, 2.45) is 0 Å². The summed E-state index contributed by atoms with van der Waals surface area (Å²) in [6.07, 6.45) is -0.0489. The van der Waals surface area contributed by atoms with Crippen LogP contribution in [0.3, 0.4) is 0 Å². The molecule has 3 nitrogen and oxygen atoms in total. The van der Waals surface area contributed by atoms with Crippen molar-refractivity contribution in [3.63, 3.8) is 0 Å². The van der Waals surface area contributed by atoms with Gasteiger partial charge in [0.15, 0.2) is 11.5 Å². The zero-order chi connectivity index (χ0) is 14.7. The smallest absolute Gasteiger partial charge is 0.161 e. The minimum absolute atomic E-state index is 0.0489. The average Bonchev–Trinajstić information content (AvgIpc) is 2.50. The van der Waals surface area contributed by atoms with Crippen molar-refractivity contribution in [3.8, 4) is 11.5 Å². The highest BCUT2D eigenvalue weighted by Gasteiger charge is 2.20. The third kappa shape index (κ3) is 3.54. The van der Waals surface area contributed by atoms with Gasteiger partial charge in [0.05, 0.1) is 0 Å². The third-order valence-electron chi connectivity index (χ3n) is 3.26. The number of nitrogens with one attached hydrogen (secondary N) is 1. The topological polar surface area (TPSA) is 30.5 Å². The van der Waals surface area contributed by atoms with Crippen LogP contribution in [-0.2, 0) is 6.54 Å². The molecule has 0 spiro atoms. The molecule has 5 heteroatoms. The molecule has 21 heavy (non-hydrogen) atoms. The van der Waals surface area contributed by atoms with Crippen molar-refractivity contribution in [3.05, 3.63) is 58.3 Å². The Bertz CT molecular complexity index is 635. The fourth-order valence-electron chi connectivity index (χ4n) is 2.21. The second-order valence-electron chi connectivity index (χ2n) is 4.86. The normalized spacial score (nSPS) is 16.8. The monoisotopic (exact) mass is 351 g/mol. The van der Waals surface area contributed by atoms with Gasteiger partial charge in [-0.15, -0.1) is 0 Å². The number of hydrogen-bond donors (Lipinski definition) is 1.